The van der Waals surface area contributed by atoms with E-state index in [2.05, 4.69) is 30.6 Å². The summed E-state index contributed by atoms with van der Waals surface area (Å²) in [5.74, 6) is 0.832. The topological polar surface area (TPSA) is 171 Å². The van der Waals surface area contributed by atoms with E-state index in [0.29, 0.717) is 64.3 Å². The number of anilines is 1. The molecule has 43 heavy (non-hydrogen) atoms. The number of nitrogens with zero attached hydrogens (tertiary/aromatic N) is 5. The fourth-order valence-electron chi connectivity index (χ4n) is 4.97. The summed E-state index contributed by atoms with van der Waals surface area (Å²) in [5, 5.41) is 25.4. The zero-order valence-corrected chi connectivity index (χ0v) is 22.9. The molecule has 5 N–H and O–H groups in total. The Labute approximate surface area is 245 Å². The van der Waals surface area contributed by atoms with Crippen LogP contribution in [0.2, 0.25) is 0 Å². The molecule has 0 aliphatic carbocycles. The largest absolute Gasteiger partial charge is 0.488 e. The number of carbonyl (C=O) groups excluding carboxylic acids is 1. The molecule has 1 amide bonds. The second-order valence-corrected chi connectivity index (χ2v) is 9.85. The molecule has 0 saturated carbocycles. The van der Waals surface area contributed by atoms with Gasteiger partial charge in [0.1, 0.15) is 17.7 Å². The lowest BCUT2D eigenvalue weighted by molar-refractivity contribution is 0.0951. The molecule has 0 atom stereocenters. The fraction of sp³-hybridized carbons (Fsp3) is 0.133. The Hall–Kier alpha value is -5.40. The van der Waals surface area contributed by atoms with Gasteiger partial charge in [0.2, 0.25) is 0 Å². The highest BCUT2D eigenvalue weighted by molar-refractivity contribution is 6.58. The van der Waals surface area contributed by atoms with E-state index in [9.17, 15) is 19.6 Å². The van der Waals surface area contributed by atoms with Crippen LogP contribution in [0.15, 0.2) is 90.2 Å². The Morgan fingerprint density at radius 2 is 1.81 bits per heavy atom. The van der Waals surface area contributed by atoms with Gasteiger partial charge >= 0.3 is 7.12 Å². The molecule has 0 spiro atoms. The minimum atomic E-state index is -1.68. The van der Waals surface area contributed by atoms with Crippen LogP contribution in [-0.4, -0.2) is 59.1 Å². The van der Waals surface area contributed by atoms with E-state index >= 15 is 0 Å². The highest BCUT2D eigenvalue weighted by Crippen LogP contribution is 2.19. The molecule has 0 bridgehead atoms. The first kappa shape index (κ1) is 27.8. The number of benzene rings is 3. The molecule has 13 heteroatoms. The molecule has 0 aliphatic heterocycles. The first-order chi connectivity index (χ1) is 21.0. The summed E-state index contributed by atoms with van der Waals surface area (Å²) in [6.07, 6.45) is 4.22. The van der Waals surface area contributed by atoms with E-state index in [-0.39, 0.29) is 23.1 Å². The number of para-hydroxylation sites is 1. The first-order valence-electron chi connectivity index (χ1n) is 13.7. The molecule has 12 nitrogen and oxygen atoms in total. The zero-order valence-electron chi connectivity index (χ0n) is 22.9. The smallest absolute Gasteiger partial charge is 0.423 e. The SMILES string of the molecule is O=C(NCc1cccc2nc(CCCNc3ncnc4[nH]cnc34)n(-c3ccccc3)c(=O)c12)c1cccc(B(O)O)c1. The lowest BCUT2D eigenvalue weighted by atomic mass is 9.79. The first-order valence-corrected chi connectivity index (χ1v) is 13.7. The molecular formula is C30H27BN8O4. The van der Waals surface area contributed by atoms with Crippen molar-refractivity contribution in [2.45, 2.75) is 19.4 Å². The molecule has 0 radical (unpaired) electrons. The van der Waals surface area contributed by atoms with Crippen molar-refractivity contribution in [1.29, 1.82) is 0 Å². The standard InChI is InChI=1S/C30H27BN8O4/c40-29(19-7-4-9-21(15-19)31(42)43)33-16-20-8-5-12-23-25(20)30(41)39(22-10-2-1-3-11-22)24(38-23)13-6-14-32-27-26-28(35-17-34-26)37-18-36-27/h1-5,7-12,15,17-18,42-43H,6,13-14,16H2,(H,33,40)(H2,32,34,35,36,37). The van der Waals surface area contributed by atoms with Crippen LogP contribution in [0.5, 0.6) is 0 Å². The van der Waals surface area contributed by atoms with Gasteiger partial charge in [-0.1, -0.05) is 42.5 Å². The van der Waals surface area contributed by atoms with Gasteiger partial charge in [0.25, 0.3) is 11.5 Å². The van der Waals surface area contributed by atoms with Gasteiger partial charge in [0.15, 0.2) is 11.5 Å². The molecule has 214 valence electrons. The van der Waals surface area contributed by atoms with Crippen LogP contribution >= 0.6 is 0 Å². The number of aromatic nitrogens is 6. The summed E-state index contributed by atoms with van der Waals surface area (Å²) in [7, 11) is -1.68. The summed E-state index contributed by atoms with van der Waals surface area (Å²) < 4.78 is 1.62. The van der Waals surface area contributed by atoms with Crippen LogP contribution in [0, 0.1) is 0 Å². The molecule has 6 aromatic rings. The van der Waals surface area contributed by atoms with E-state index in [1.165, 1.54) is 18.5 Å². The van der Waals surface area contributed by atoms with Crippen molar-refractivity contribution in [1.82, 2.24) is 34.8 Å². The highest BCUT2D eigenvalue weighted by Gasteiger charge is 2.17. The van der Waals surface area contributed by atoms with Crippen LogP contribution in [0.25, 0.3) is 27.8 Å². The van der Waals surface area contributed by atoms with Gasteiger partial charge in [-0.15, -0.1) is 0 Å². The Morgan fingerprint density at radius 1 is 0.977 bits per heavy atom. The fourth-order valence-corrected chi connectivity index (χ4v) is 4.97. The van der Waals surface area contributed by atoms with Gasteiger partial charge < -0.3 is 25.7 Å². The third-order valence-electron chi connectivity index (χ3n) is 7.04. The van der Waals surface area contributed by atoms with Gasteiger partial charge in [-0.3, -0.25) is 14.2 Å². The Balaban J connectivity index is 1.27. The number of carbonyl (C=O) groups is 1. The maximum Gasteiger partial charge on any atom is 0.488 e. The minimum absolute atomic E-state index is 0.0810. The molecular weight excluding hydrogens is 547 g/mol. The number of hydrogen-bond acceptors (Lipinski definition) is 9. The third kappa shape index (κ3) is 5.84. The zero-order chi connectivity index (χ0) is 29.8. The summed E-state index contributed by atoms with van der Waals surface area (Å²) in [6, 6.07) is 20.8. The second-order valence-electron chi connectivity index (χ2n) is 9.85. The van der Waals surface area contributed by atoms with Crippen molar-refractivity contribution in [3.63, 3.8) is 0 Å². The van der Waals surface area contributed by atoms with Gasteiger partial charge in [-0.05, 0) is 47.8 Å². The monoisotopic (exact) mass is 574 g/mol. The van der Waals surface area contributed by atoms with Crippen LogP contribution < -0.4 is 21.7 Å². The van der Waals surface area contributed by atoms with E-state index in [1.54, 1.807) is 41.2 Å². The number of hydrogen-bond donors (Lipinski definition) is 5. The Kier molecular flexibility index (Phi) is 7.89. The number of amides is 1. The van der Waals surface area contributed by atoms with E-state index < -0.39 is 13.0 Å². The van der Waals surface area contributed by atoms with Crippen LogP contribution in [0.1, 0.15) is 28.2 Å². The Morgan fingerprint density at radius 3 is 2.65 bits per heavy atom. The van der Waals surface area contributed by atoms with E-state index in [4.69, 9.17) is 4.98 Å². The van der Waals surface area contributed by atoms with Crippen molar-refractivity contribution >= 4 is 46.4 Å². The number of aryl methyl sites for hydroxylation is 1. The summed E-state index contributed by atoms with van der Waals surface area (Å²) in [4.78, 5) is 47.5. The number of aromatic amines is 1. The molecule has 0 saturated heterocycles. The molecule has 3 heterocycles. The number of H-pyrrole nitrogens is 1. The number of imidazole rings is 1. The average molecular weight is 574 g/mol. The molecule has 6 rings (SSSR count). The van der Waals surface area contributed by atoms with Crippen LogP contribution in [0.4, 0.5) is 5.82 Å². The molecule has 3 aromatic carbocycles. The molecule has 0 fully saturated rings. The van der Waals surface area contributed by atoms with Crippen LogP contribution in [0.3, 0.4) is 0 Å². The normalized spacial score (nSPS) is 11.1. The van der Waals surface area contributed by atoms with E-state index in [0.717, 1.165) is 0 Å². The summed E-state index contributed by atoms with van der Waals surface area (Å²) in [5.41, 5.74) is 3.40. The molecule has 3 aromatic heterocycles. The van der Waals surface area contributed by atoms with Crippen molar-refractivity contribution in [3.05, 3.63) is 113 Å². The number of nitrogens with one attached hydrogen (secondary N) is 3. The maximum absolute atomic E-state index is 14.1. The lowest BCUT2D eigenvalue weighted by Gasteiger charge is -2.16. The van der Waals surface area contributed by atoms with E-state index in [1.807, 2.05) is 30.3 Å². The van der Waals surface area contributed by atoms with Crippen molar-refractivity contribution in [3.8, 4) is 5.69 Å². The highest BCUT2D eigenvalue weighted by atomic mass is 16.4. The van der Waals surface area contributed by atoms with Gasteiger partial charge in [-0.2, -0.15) is 0 Å². The Bertz CT molecular complexity index is 1980. The predicted octanol–water partition coefficient (Wildman–Crippen LogP) is 1.71. The van der Waals surface area contributed by atoms with Gasteiger partial charge in [0.05, 0.1) is 22.9 Å². The van der Waals surface area contributed by atoms with Gasteiger partial charge in [0, 0.05) is 25.1 Å². The van der Waals surface area contributed by atoms with Crippen molar-refractivity contribution in [2.24, 2.45) is 0 Å². The summed E-state index contributed by atoms with van der Waals surface area (Å²) >= 11 is 0. The van der Waals surface area contributed by atoms with Gasteiger partial charge in [-0.25, -0.2) is 19.9 Å². The average Bonchev–Trinajstić information content (AvgIpc) is 3.52. The molecule has 0 unspecified atom stereocenters. The number of fused-ring (bicyclic) bond motifs is 2. The minimum Gasteiger partial charge on any atom is -0.423 e. The number of rotatable bonds is 10. The van der Waals surface area contributed by atoms with Crippen molar-refractivity contribution < 1.29 is 14.8 Å². The summed E-state index contributed by atoms with van der Waals surface area (Å²) in [6.45, 7) is 0.653. The molecule has 0 aliphatic rings. The third-order valence-corrected chi connectivity index (χ3v) is 7.04. The second kappa shape index (κ2) is 12.2. The lowest BCUT2D eigenvalue weighted by Crippen LogP contribution is -2.32. The quantitative estimate of drug-likeness (QED) is 0.121. The van der Waals surface area contributed by atoms with Crippen molar-refractivity contribution in [2.75, 3.05) is 11.9 Å². The maximum atomic E-state index is 14.1. The predicted molar refractivity (Wildman–Crippen MR) is 163 cm³/mol. The van der Waals surface area contributed by atoms with Crippen LogP contribution in [-0.2, 0) is 13.0 Å².